The number of aromatic nitrogens is 3. The summed E-state index contributed by atoms with van der Waals surface area (Å²) in [5.74, 6) is 0.350. The van der Waals surface area contributed by atoms with E-state index in [1.165, 1.54) is 0 Å². The lowest BCUT2D eigenvalue weighted by Gasteiger charge is -2.33. The molecule has 8 nitrogen and oxygen atoms in total. The zero-order valence-electron chi connectivity index (χ0n) is 16.4. The third-order valence-corrected chi connectivity index (χ3v) is 6.70. The Bertz CT molecular complexity index is 1090. The van der Waals surface area contributed by atoms with Crippen LogP contribution in [0.15, 0.2) is 67.1 Å². The molecule has 0 spiro atoms. The highest BCUT2D eigenvalue weighted by Gasteiger charge is 2.32. The minimum atomic E-state index is -3.04. The lowest BCUT2D eigenvalue weighted by atomic mass is 10.0. The van der Waals surface area contributed by atoms with Crippen molar-refractivity contribution in [1.29, 1.82) is 0 Å². The molecular formula is C21H23N5O3S. The van der Waals surface area contributed by atoms with Crippen LogP contribution in [-0.4, -0.2) is 58.6 Å². The van der Waals surface area contributed by atoms with Crippen LogP contribution in [0.1, 0.15) is 17.2 Å². The summed E-state index contributed by atoms with van der Waals surface area (Å²) in [5.41, 5.74) is 1.88. The smallest absolute Gasteiger partial charge is 0.247 e. The van der Waals surface area contributed by atoms with E-state index < -0.39 is 15.9 Å². The summed E-state index contributed by atoms with van der Waals surface area (Å²) in [4.78, 5) is 19.1. The molecule has 1 unspecified atom stereocenters. The lowest BCUT2D eigenvalue weighted by molar-refractivity contribution is -0.121. The number of nitrogens with zero attached hydrogens (tertiary/aromatic N) is 4. The third kappa shape index (κ3) is 4.92. The van der Waals surface area contributed by atoms with E-state index in [1.807, 2.05) is 47.4 Å². The molecule has 3 aromatic rings. The van der Waals surface area contributed by atoms with Gasteiger partial charge in [0.05, 0.1) is 18.1 Å². The molecule has 1 N–H and O–H groups in total. The highest BCUT2D eigenvalue weighted by molar-refractivity contribution is 7.91. The molecule has 1 saturated heterocycles. The second-order valence-corrected chi connectivity index (χ2v) is 9.55. The number of carbonyl (C=O) groups is 1. The maximum absolute atomic E-state index is 13.2. The molecule has 30 heavy (non-hydrogen) atoms. The number of carbonyl (C=O) groups excluding carboxylic acids is 1. The largest absolute Gasteiger partial charge is 0.308 e. The summed E-state index contributed by atoms with van der Waals surface area (Å²) >= 11 is 0. The molecular weight excluding hydrogens is 402 g/mol. The Hall–Kier alpha value is -3.04. The van der Waals surface area contributed by atoms with E-state index in [0.717, 1.165) is 11.1 Å². The minimum absolute atomic E-state index is 0.0597. The third-order valence-electron chi connectivity index (χ3n) is 5.09. The fourth-order valence-electron chi connectivity index (χ4n) is 3.53. The van der Waals surface area contributed by atoms with Gasteiger partial charge in [0.1, 0.15) is 6.04 Å². The number of pyridine rings is 1. The molecule has 1 fully saturated rings. The van der Waals surface area contributed by atoms with Crippen LogP contribution in [-0.2, 0) is 21.2 Å². The topological polar surface area (TPSA) is 97.2 Å². The zero-order chi connectivity index (χ0) is 21.0. The normalized spacial score (nSPS) is 17.3. The maximum Gasteiger partial charge on any atom is 0.247 e. The molecule has 0 bridgehead atoms. The fourth-order valence-corrected chi connectivity index (χ4v) is 4.76. The fraction of sp³-hybridized carbons (Fsp3) is 0.286. The zero-order valence-corrected chi connectivity index (χ0v) is 17.2. The molecule has 0 radical (unpaired) electrons. The summed E-state index contributed by atoms with van der Waals surface area (Å²) in [6, 6.07) is 14.4. The standard InChI is InChI=1S/C21H23N5O3S/c27-21(23-19-8-11-26(24-19)16-17-6-9-22-10-7-17)20(18-4-2-1-3-5-18)25-12-14-30(28,29)15-13-25/h1-11,20H,12-16H2,(H,23,24,27). The van der Waals surface area contributed by atoms with Gasteiger partial charge in [-0.25, -0.2) is 8.42 Å². The predicted octanol–water partition coefficient (Wildman–Crippen LogP) is 1.74. The van der Waals surface area contributed by atoms with Gasteiger partial charge in [0.15, 0.2) is 15.7 Å². The average molecular weight is 426 g/mol. The van der Waals surface area contributed by atoms with E-state index in [2.05, 4.69) is 15.4 Å². The summed E-state index contributed by atoms with van der Waals surface area (Å²) in [5, 5.41) is 7.33. The number of benzene rings is 1. The van der Waals surface area contributed by atoms with Crippen molar-refractivity contribution in [1.82, 2.24) is 19.7 Å². The molecule has 156 valence electrons. The van der Waals surface area contributed by atoms with Gasteiger partial charge in [-0.2, -0.15) is 5.10 Å². The van der Waals surface area contributed by atoms with Crippen molar-refractivity contribution in [2.75, 3.05) is 29.9 Å². The molecule has 1 aliphatic heterocycles. The van der Waals surface area contributed by atoms with Crippen LogP contribution in [0.3, 0.4) is 0 Å². The average Bonchev–Trinajstić information content (AvgIpc) is 3.17. The SMILES string of the molecule is O=C(Nc1ccn(Cc2ccncc2)n1)C(c1ccccc1)N1CCS(=O)(=O)CC1. The van der Waals surface area contributed by atoms with E-state index in [1.54, 1.807) is 29.3 Å². The number of amides is 1. The molecule has 1 aliphatic rings. The van der Waals surface area contributed by atoms with Gasteiger partial charge >= 0.3 is 0 Å². The van der Waals surface area contributed by atoms with Crippen molar-refractivity contribution in [3.05, 3.63) is 78.2 Å². The van der Waals surface area contributed by atoms with E-state index in [-0.39, 0.29) is 17.4 Å². The Kier molecular flexibility index (Phi) is 5.91. The maximum atomic E-state index is 13.2. The molecule has 0 saturated carbocycles. The molecule has 1 aromatic carbocycles. The van der Waals surface area contributed by atoms with Crippen LogP contribution in [0.25, 0.3) is 0 Å². The van der Waals surface area contributed by atoms with Crippen LogP contribution >= 0.6 is 0 Å². The summed E-state index contributed by atoms with van der Waals surface area (Å²) in [6.45, 7) is 1.22. The Labute approximate surface area is 175 Å². The Morgan fingerprint density at radius 2 is 1.73 bits per heavy atom. The number of hydrogen-bond donors (Lipinski definition) is 1. The lowest BCUT2D eigenvalue weighted by Crippen LogP contribution is -2.46. The first-order valence-electron chi connectivity index (χ1n) is 9.73. The first kappa shape index (κ1) is 20.2. The van der Waals surface area contributed by atoms with Crippen molar-refractivity contribution >= 4 is 21.6 Å². The van der Waals surface area contributed by atoms with Crippen molar-refractivity contribution in [3.8, 4) is 0 Å². The van der Waals surface area contributed by atoms with Crippen LogP contribution in [0.5, 0.6) is 0 Å². The predicted molar refractivity (Wildman–Crippen MR) is 114 cm³/mol. The van der Waals surface area contributed by atoms with Crippen LogP contribution < -0.4 is 5.32 Å². The highest BCUT2D eigenvalue weighted by atomic mass is 32.2. The Morgan fingerprint density at radius 3 is 2.43 bits per heavy atom. The van der Waals surface area contributed by atoms with Crippen LogP contribution in [0.4, 0.5) is 5.82 Å². The second-order valence-electron chi connectivity index (χ2n) is 7.24. The molecule has 3 heterocycles. The minimum Gasteiger partial charge on any atom is -0.308 e. The number of nitrogens with one attached hydrogen (secondary N) is 1. The number of hydrogen-bond acceptors (Lipinski definition) is 6. The Balaban J connectivity index is 1.50. The van der Waals surface area contributed by atoms with Gasteiger partial charge in [-0.05, 0) is 23.3 Å². The number of rotatable bonds is 6. The molecule has 2 aromatic heterocycles. The van der Waals surface area contributed by atoms with Crippen molar-refractivity contribution in [2.24, 2.45) is 0 Å². The summed E-state index contributed by atoms with van der Waals surface area (Å²) < 4.78 is 25.4. The van der Waals surface area contributed by atoms with Gasteiger partial charge in [0.25, 0.3) is 0 Å². The van der Waals surface area contributed by atoms with Crippen LogP contribution in [0, 0.1) is 0 Å². The van der Waals surface area contributed by atoms with Gasteiger partial charge in [0.2, 0.25) is 5.91 Å². The quantitative estimate of drug-likeness (QED) is 0.646. The first-order chi connectivity index (χ1) is 14.5. The van der Waals surface area contributed by atoms with E-state index in [4.69, 9.17) is 0 Å². The number of sulfone groups is 1. The monoisotopic (exact) mass is 425 g/mol. The molecule has 4 rings (SSSR count). The van der Waals surface area contributed by atoms with Gasteiger partial charge < -0.3 is 5.32 Å². The molecule has 9 heteroatoms. The molecule has 1 atom stereocenters. The van der Waals surface area contributed by atoms with Crippen molar-refractivity contribution in [3.63, 3.8) is 0 Å². The van der Waals surface area contributed by atoms with E-state index in [9.17, 15) is 13.2 Å². The number of anilines is 1. The summed E-state index contributed by atoms with van der Waals surface area (Å²) in [6.07, 6.45) is 5.26. The van der Waals surface area contributed by atoms with Crippen molar-refractivity contribution < 1.29 is 13.2 Å². The van der Waals surface area contributed by atoms with Gasteiger partial charge in [-0.3, -0.25) is 19.4 Å². The highest BCUT2D eigenvalue weighted by Crippen LogP contribution is 2.24. The van der Waals surface area contributed by atoms with Gasteiger partial charge in [-0.15, -0.1) is 0 Å². The van der Waals surface area contributed by atoms with Gasteiger partial charge in [0, 0.05) is 37.7 Å². The first-order valence-corrected chi connectivity index (χ1v) is 11.5. The van der Waals surface area contributed by atoms with Crippen LogP contribution in [0.2, 0.25) is 0 Å². The Morgan fingerprint density at radius 1 is 1.03 bits per heavy atom. The van der Waals surface area contributed by atoms with Gasteiger partial charge in [-0.1, -0.05) is 30.3 Å². The van der Waals surface area contributed by atoms with Crippen molar-refractivity contribution in [2.45, 2.75) is 12.6 Å². The summed E-state index contributed by atoms with van der Waals surface area (Å²) in [7, 11) is -3.04. The van der Waals surface area contributed by atoms with E-state index in [0.29, 0.717) is 25.5 Å². The molecule has 0 aliphatic carbocycles. The molecule has 1 amide bonds. The van der Waals surface area contributed by atoms with E-state index >= 15 is 0 Å². The second kappa shape index (κ2) is 8.76.